The molecule has 3 amide bonds. The van der Waals surface area contributed by atoms with E-state index in [-0.39, 0.29) is 22.6 Å². The molecule has 8 nitrogen and oxygen atoms in total. The molecule has 11 heteroatoms. The Morgan fingerprint density at radius 1 is 0.975 bits per heavy atom. The molecular weight excluding hydrogens is 523 g/mol. The van der Waals surface area contributed by atoms with Crippen molar-refractivity contribution in [1.82, 2.24) is 20.1 Å². The lowest BCUT2D eigenvalue weighted by atomic mass is 9.92. The molecule has 2 aromatic carbocycles. The van der Waals surface area contributed by atoms with Crippen molar-refractivity contribution in [2.45, 2.75) is 6.18 Å². The Bertz CT molecular complexity index is 1550. The number of piperazine rings is 1. The van der Waals surface area contributed by atoms with Gasteiger partial charge in [0.15, 0.2) is 0 Å². The summed E-state index contributed by atoms with van der Waals surface area (Å²) < 4.78 is 42.6. The fraction of sp³-hybridized carbons (Fsp3) is 0.276. The molecule has 0 aliphatic carbocycles. The highest BCUT2D eigenvalue weighted by atomic mass is 19.4. The number of para-hydroxylation sites is 1. The second-order valence-corrected chi connectivity index (χ2v) is 9.99. The van der Waals surface area contributed by atoms with Crippen molar-refractivity contribution < 1.29 is 27.6 Å². The maximum Gasteiger partial charge on any atom is 0.417 e. The van der Waals surface area contributed by atoms with Crippen LogP contribution in [0.2, 0.25) is 0 Å². The molecule has 1 saturated heterocycles. The molecule has 208 valence electrons. The predicted molar refractivity (Wildman–Crippen MR) is 146 cm³/mol. The van der Waals surface area contributed by atoms with Crippen molar-refractivity contribution in [3.05, 3.63) is 77.5 Å². The number of hydrogen-bond donors (Lipinski definition) is 2. The van der Waals surface area contributed by atoms with Gasteiger partial charge in [0, 0.05) is 72.7 Å². The third kappa shape index (κ3) is 5.24. The van der Waals surface area contributed by atoms with E-state index < -0.39 is 23.6 Å². The first-order valence-corrected chi connectivity index (χ1v) is 12.8. The normalized spacial score (nSPS) is 16.6. The standard InChI is InChI=1S/C29H28F3N5O3/c1-35(2)11-5-8-24(38)37-14-12-36(13-15-37)18-9-10-22(29(30,31)32)20(16-18)25-26(28(40)34-27(25)39)21-17-33-23-7-4-3-6-19(21)23/h3-10,16-17,33H,11-15H2,1-2H3,(H,34,39,40)/b8-5+. The Balaban J connectivity index is 1.51. The Kier molecular flexibility index (Phi) is 7.24. The summed E-state index contributed by atoms with van der Waals surface area (Å²) in [7, 11) is 3.80. The molecule has 0 radical (unpaired) electrons. The number of likely N-dealkylation sites (N-methyl/N-ethyl adjacent to an activating group) is 1. The van der Waals surface area contributed by atoms with E-state index >= 15 is 0 Å². The molecule has 1 aromatic heterocycles. The Hall–Kier alpha value is -4.38. The summed E-state index contributed by atoms with van der Waals surface area (Å²) in [5.74, 6) is -1.75. The van der Waals surface area contributed by atoms with E-state index in [1.165, 1.54) is 24.4 Å². The fourth-order valence-electron chi connectivity index (χ4n) is 5.09. The van der Waals surface area contributed by atoms with Crippen molar-refractivity contribution in [2.75, 3.05) is 51.7 Å². The number of carbonyl (C=O) groups excluding carboxylic acids is 3. The zero-order valence-corrected chi connectivity index (χ0v) is 22.0. The number of H-pyrrole nitrogens is 1. The zero-order chi connectivity index (χ0) is 28.6. The zero-order valence-electron chi connectivity index (χ0n) is 22.0. The lowest BCUT2D eigenvalue weighted by Gasteiger charge is -2.36. The highest BCUT2D eigenvalue weighted by Crippen LogP contribution is 2.42. The van der Waals surface area contributed by atoms with Crippen LogP contribution in [0.5, 0.6) is 0 Å². The van der Waals surface area contributed by atoms with Crippen molar-refractivity contribution >= 4 is 45.5 Å². The summed E-state index contributed by atoms with van der Waals surface area (Å²) in [6, 6.07) is 10.7. The van der Waals surface area contributed by atoms with E-state index in [4.69, 9.17) is 0 Å². The first kappa shape index (κ1) is 27.2. The van der Waals surface area contributed by atoms with Gasteiger partial charge in [-0.05, 0) is 38.4 Å². The summed E-state index contributed by atoms with van der Waals surface area (Å²) in [5.41, 5.74) is -0.288. The average molecular weight is 552 g/mol. The van der Waals surface area contributed by atoms with Crippen LogP contribution in [0.15, 0.2) is 60.8 Å². The maximum atomic E-state index is 14.2. The smallest absolute Gasteiger partial charge is 0.368 e. The molecule has 0 atom stereocenters. The number of aromatic nitrogens is 1. The number of anilines is 1. The van der Waals surface area contributed by atoms with E-state index in [0.29, 0.717) is 54.9 Å². The number of rotatable bonds is 6. The molecule has 2 aliphatic rings. The number of alkyl halides is 3. The Morgan fingerprint density at radius 3 is 2.33 bits per heavy atom. The van der Waals surface area contributed by atoms with E-state index in [2.05, 4.69) is 10.3 Å². The number of nitrogens with zero attached hydrogens (tertiary/aromatic N) is 3. The molecule has 2 aliphatic heterocycles. The van der Waals surface area contributed by atoms with Crippen LogP contribution < -0.4 is 10.2 Å². The third-order valence-electron chi connectivity index (χ3n) is 7.06. The fourth-order valence-corrected chi connectivity index (χ4v) is 5.09. The second kappa shape index (κ2) is 10.6. The molecular formula is C29H28F3N5O3. The molecule has 2 N–H and O–H groups in total. The van der Waals surface area contributed by atoms with Crippen molar-refractivity contribution in [1.29, 1.82) is 0 Å². The minimum Gasteiger partial charge on any atom is -0.368 e. The van der Waals surface area contributed by atoms with Gasteiger partial charge >= 0.3 is 6.18 Å². The molecule has 1 fully saturated rings. The average Bonchev–Trinajstić information content (AvgIpc) is 3.46. The Labute approximate surface area is 228 Å². The van der Waals surface area contributed by atoms with Crippen molar-refractivity contribution in [3.63, 3.8) is 0 Å². The summed E-state index contributed by atoms with van der Waals surface area (Å²) in [5, 5.41) is 2.80. The quantitative estimate of drug-likeness (QED) is 0.362. The molecule has 0 unspecified atom stereocenters. The number of halogens is 3. The van der Waals surface area contributed by atoms with Crippen molar-refractivity contribution in [2.24, 2.45) is 0 Å². The van der Waals surface area contributed by atoms with E-state index in [1.807, 2.05) is 23.9 Å². The van der Waals surface area contributed by atoms with Gasteiger partial charge in [-0.3, -0.25) is 19.7 Å². The van der Waals surface area contributed by atoms with Gasteiger partial charge in [0.25, 0.3) is 11.8 Å². The van der Waals surface area contributed by atoms with Crippen LogP contribution in [0.4, 0.5) is 18.9 Å². The van der Waals surface area contributed by atoms with E-state index in [0.717, 1.165) is 6.07 Å². The minimum atomic E-state index is -4.76. The maximum absolute atomic E-state index is 14.2. The monoisotopic (exact) mass is 551 g/mol. The van der Waals surface area contributed by atoms with Crippen LogP contribution >= 0.6 is 0 Å². The number of imide groups is 1. The molecule has 0 bridgehead atoms. The first-order chi connectivity index (χ1) is 19.0. The molecule has 40 heavy (non-hydrogen) atoms. The van der Waals surface area contributed by atoms with Crippen molar-refractivity contribution in [3.8, 4) is 0 Å². The minimum absolute atomic E-state index is 0.106. The SMILES string of the molecule is CN(C)C/C=C/C(=O)N1CCN(c2ccc(C(F)(F)F)c(C3=C(c4c[nH]c5ccccc45)C(=O)NC3=O)c2)CC1. The molecule has 3 heterocycles. The number of nitrogens with one attached hydrogen (secondary N) is 2. The van der Waals surface area contributed by atoms with Gasteiger partial charge in [-0.25, -0.2) is 0 Å². The molecule has 0 saturated carbocycles. The van der Waals surface area contributed by atoms with Gasteiger partial charge in [0.1, 0.15) is 0 Å². The lowest BCUT2D eigenvalue weighted by molar-refractivity contribution is -0.137. The second-order valence-electron chi connectivity index (χ2n) is 9.99. The largest absolute Gasteiger partial charge is 0.417 e. The molecule has 0 spiro atoms. The number of amides is 3. The van der Waals surface area contributed by atoms with Crippen LogP contribution in [-0.4, -0.2) is 79.3 Å². The van der Waals surface area contributed by atoms with Crippen LogP contribution in [0.25, 0.3) is 22.0 Å². The summed E-state index contributed by atoms with van der Waals surface area (Å²) in [4.78, 5) is 47.0. The van der Waals surface area contributed by atoms with Gasteiger partial charge in [-0.15, -0.1) is 0 Å². The third-order valence-corrected chi connectivity index (χ3v) is 7.06. The van der Waals surface area contributed by atoms with Gasteiger partial charge in [0.05, 0.1) is 16.7 Å². The van der Waals surface area contributed by atoms with Crippen LogP contribution in [0, 0.1) is 0 Å². The van der Waals surface area contributed by atoms with Crippen LogP contribution in [0.1, 0.15) is 16.7 Å². The van der Waals surface area contributed by atoms with Gasteiger partial charge < -0.3 is 19.7 Å². The van der Waals surface area contributed by atoms with E-state index in [9.17, 15) is 27.6 Å². The lowest BCUT2D eigenvalue weighted by Crippen LogP contribution is -2.48. The topological polar surface area (TPSA) is 88.8 Å². The summed E-state index contributed by atoms with van der Waals surface area (Å²) in [6.45, 7) is 2.22. The number of fused-ring (bicyclic) bond motifs is 1. The predicted octanol–water partition coefficient (Wildman–Crippen LogP) is 3.52. The van der Waals surface area contributed by atoms with Gasteiger partial charge in [-0.1, -0.05) is 24.3 Å². The number of benzene rings is 2. The highest BCUT2D eigenvalue weighted by Gasteiger charge is 2.40. The number of carbonyl (C=O) groups is 3. The highest BCUT2D eigenvalue weighted by molar-refractivity contribution is 6.50. The number of hydrogen-bond acceptors (Lipinski definition) is 5. The van der Waals surface area contributed by atoms with E-state index in [1.54, 1.807) is 35.2 Å². The van der Waals surface area contributed by atoms with Gasteiger partial charge in [0.2, 0.25) is 5.91 Å². The first-order valence-electron chi connectivity index (χ1n) is 12.8. The Morgan fingerprint density at radius 2 is 1.65 bits per heavy atom. The molecule has 3 aromatic rings. The molecule has 5 rings (SSSR count). The number of aromatic amines is 1. The summed E-state index contributed by atoms with van der Waals surface area (Å²) in [6.07, 6.45) is 0.0742. The summed E-state index contributed by atoms with van der Waals surface area (Å²) >= 11 is 0. The van der Waals surface area contributed by atoms with Crippen LogP contribution in [0.3, 0.4) is 0 Å². The van der Waals surface area contributed by atoms with Gasteiger partial charge in [-0.2, -0.15) is 13.2 Å². The van der Waals surface area contributed by atoms with Crippen LogP contribution in [-0.2, 0) is 20.6 Å².